The Balaban J connectivity index is 1.48. The first-order chi connectivity index (χ1) is 14.9. The van der Waals surface area contributed by atoms with E-state index in [2.05, 4.69) is 5.32 Å². The molecule has 2 heterocycles. The molecule has 2 fully saturated rings. The van der Waals surface area contributed by atoms with Crippen LogP contribution in [0.1, 0.15) is 24.0 Å². The van der Waals surface area contributed by atoms with Crippen LogP contribution in [0.2, 0.25) is 0 Å². The summed E-state index contributed by atoms with van der Waals surface area (Å²) >= 11 is 0. The van der Waals surface area contributed by atoms with Crippen molar-refractivity contribution < 1.29 is 23.1 Å². The van der Waals surface area contributed by atoms with Gasteiger partial charge in [-0.2, -0.15) is 0 Å². The van der Waals surface area contributed by atoms with Gasteiger partial charge in [-0.15, -0.1) is 0 Å². The number of urea groups is 1. The third-order valence-electron chi connectivity index (χ3n) is 5.94. The number of hydrogen-bond donors (Lipinski definition) is 1. The second-order valence-corrected chi connectivity index (χ2v) is 8.09. The molecule has 2 aliphatic rings. The zero-order chi connectivity index (χ0) is 21.8. The van der Waals surface area contributed by atoms with Crippen molar-refractivity contribution in [2.45, 2.75) is 31.5 Å². The van der Waals surface area contributed by atoms with Gasteiger partial charge in [-0.1, -0.05) is 24.3 Å². The molecule has 4 rings (SSSR count). The lowest BCUT2D eigenvalue weighted by atomic mass is 9.94. The van der Waals surface area contributed by atoms with Crippen molar-refractivity contribution in [2.24, 2.45) is 0 Å². The van der Waals surface area contributed by atoms with E-state index in [9.17, 15) is 18.4 Å². The quantitative estimate of drug-likeness (QED) is 0.813. The van der Waals surface area contributed by atoms with Gasteiger partial charge in [0.05, 0.1) is 12.1 Å². The van der Waals surface area contributed by atoms with Crippen LogP contribution in [0.5, 0.6) is 0 Å². The molecule has 3 amide bonds. The summed E-state index contributed by atoms with van der Waals surface area (Å²) in [4.78, 5) is 29.3. The molecule has 6 nitrogen and oxygen atoms in total. The van der Waals surface area contributed by atoms with Crippen molar-refractivity contribution in [3.63, 3.8) is 0 Å². The van der Waals surface area contributed by atoms with Gasteiger partial charge >= 0.3 is 6.03 Å². The number of nitrogens with one attached hydrogen (secondary N) is 1. The van der Waals surface area contributed by atoms with Gasteiger partial charge in [0.2, 0.25) is 5.91 Å². The van der Waals surface area contributed by atoms with Crippen molar-refractivity contribution in [1.82, 2.24) is 15.1 Å². The maximum atomic E-state index is 13.3. The first-order valence-electron chi connectivity index (χ1n) is 10.4. The highest BCUT2D eigenvalue weighted by atomic mass is 19.1. The smallest absolute Gasteiger partial charge is 0.317 e. The monoisotopic (exact) mass is 429 g/mol. The number of benzene rings is 2. The lowest BCUT2D eigenvalue weighted by Gasteiger charge is -2.40. The van der Waals surface area contributed by atoms with E-state index in [4.69, 9.17) is 4.74 Å². The van der Waals surface area contributed by atoms with E-state index >= 15 is 0 Å². The molecule has 0 aromatic heterocycles. The van der Waals surface area contributed by atoms with Crippen LogP contribution in [0.15, 0.2) is 48.5 Å². The van der Waals surface area contributed by atoms with Crippen LogP contribution in [-0.2, 0) is 22.6 Å². The van der Waals surface area contributed by atoms with Gasteiger partial charge in [0, 0.05) is 39.2 Å². The second kappa shape index (κ2) is 9.01. The minimum atomic E-state index is -0.616. The fourth-order valence-corrected chi connectivity index (χ4v) is 4.18. The number of amides is 3. The molecule has 2 aliphatic heterocycles. The Morgan fingerprint density at radius 2 is 1.68 bits per heavy atom. The Labute approximate surface area is 179 Å². The first kappa shape index (κ1) is 21.2. The van der Waals surface area contributed by atoms with Gasteiger partial charge in [0.1, 0.15) is 11.6 Å². The molecule has 2 aromatic rings. The Hall–Kier alpha value is -3.00. The molecule has 8 heteroatoms. The average molecular weight is 429 g/mol. The summed E-state index contributed by atoms with van der Waals surface area (Å²) in [7, 11) is 0. The number of halogens is 2. The summed E-state index contributed by atoms with van der Waals surface area (Å²) in [5.41, 5.74) is 1.00. The Bertz CT molecular complexity index is 928. The zero-order valence-corrected chi connectivity index (χ0v) is 17.2. The van der Waals surface area contributed by atoms with Crippen molar-refractivity contribution >= 4 is 11.9 Å². The fourth-order valence-electron chi connectivity index (χ4n) is 4.18. The Morgan fingerprint density at radius 1 is 1.03 bits per heavy atom. The number of nitrogens with zero attached hydrogens (tertiary/aromatic N) is 2. The van der Waals surface area contributed by atoms with Gasteiger partial charge in [-0.3, -0.25) is 4.79 Å². The second-order valence-electron chi connectivity index (χ2n) is 8.09. The predicted octanol–water partition coefficient (Wildman–Crippen LogP) is 3.07. The summed E-state index contributed by atoms with van der Waals surface area (Å²) in [6.07, 6.45) is 0.828. The van der Waals surface area contributed by atoms with Gasteiger partial charge < -0.3 is 19.9 Å². The number of rotatable bonds is 4. The van der Waals surface area contributed by atoms with Gasteiger partial charge in [0.25, 0.3) is 0 Å². The molecule has 1 unspecified atom stereocenters. The lowest BCUT2D eigenvalue weighted by molar-refractivity contribution is -0.137. The standard InChI is InChI=1S/C23H25F2N3O3/c24-19-5-1-17(2-6-19)13-26-22(30)27-11-9-21(29)28(23(15-27)10-12-31-16-23)14-18-3-7-20(25)8-4-18/h1-8H,9-16H2,(H,26,30). The molecule has 0 saturated carbocycles. The van der Waals surface area contributed by atoms with E-state index in [-0.39, 0.29) is 36.5 Å². The van der Waals surface area contributed by atoms with E-state index in [1.807, 2.05) is 0 Å². The molecule has 1 spiro atoms. The number of carbonyl (C=O) groups is 2. The Kier molecular flexibility index (Phi) is 6.18. The van der Waals surface area contributed by atoms with E-state index in [0.29, 0.717) is 39.3 Å². The average Bonchev–Trinajstić information content (AvgIpc) is 3.19. The minimum Gasteiger partial charge on any atom is -0.379 e. The van der Waals surface area contributed by atoms with Gasteiger partial charge in [-0.05, 0) is 41.8 Å². The number of ether oxygens (including phenoxy) is 1. The summed E-state index contributed by atoms with van der Waals surface area (Å²) in [5, 5.41) is 2.86. The van der Waals surface area contributed by atoms with Crippen molar-refractivity contribution in [2.75, 3.05) is 26.3 Å². The molecule has 1 atom stereocenters. The van der Waals surface area contributed by atoms with Crippen LogP contribution >= 0.6 is 0 Å². The highest BCUT2D eigenvalue weighted by Crippen LogP contribution is 2.32. The molecule has 2 saturated heterocycles. The third-order valence-corrected chi connectivity index (χ3v) is 5.94. The Morgan fingerprint density at radius 3 is 2.29 bits per heavy atom. The summed E-state index contributed by atoms with van der Waals surface area (Å²) < 4.78 is 32.0. The van der Waals surface area contributed by atoms with Gasteiger partial charge in [-0.25, -0.2) is 13.6 Å². The maximum Gasteiger partial charge on any atom is 0.317 e. The fraction of sp³-hybridized carbons (Fsp3) is 0.391. The molecule has 0 bridgehead atoms. The van der Waals surface area contributed by atoms with E-state index in [1.54, 1.807) is 34.1 Å². The summed E-state index contributed by atoms with van der Waals surface area (Å²) in [6, 6.07) is 11.8. The summed E-state index contributed by atoms with van der Waals surface area (Å²) in [6.45, 7) is 2.13. The largest absolute Gasteiger partial charge is 0.379 e. The van der Waals surface area contributed by atoms with Crippen LogP contribution in [0.4, 0.5) is 13.6 Å². The van der Waals surface area contributed by atoms with Crippen molar-refractivity contribution in [1.29, 1.82) is 0 Å². The predicted molar refractivity (Wildman–Crippen MR) is 110 cm³/mol. The lowest BCUT2D eigenvalue weighted by Crippen LogP contribution is -2.57. The van der Waals surface area contributed by atoms with Crippen LogP contribution in [0, 0.1) is 11.6 Å². The normalized spacial score (nSPS) is 21.4. The topological polar surface area (TPSA) is 61.9 Å². The highest BCUT2D eigenvalue weighted by Gasteiger charge is 2.47. The molecule has 2 aromatic carbocycles. The van der Waals surface area contributed by atoms with E-state index < -0.39 is 5.54 Å². The molecule has 0 radical (unpaired) electrons. The van der Waals surface area contributed by atoms with Crippen molar-refractivity contribution in [3.05, 3.63) is 71.3 Å². The van der Waals surface area contributed by atoms with Crippen LogP contribution < -0.4 is 5.32 Å². The number of hydrogen-bond acceptors (Lipinski definition) is 3. The third kappa shape index (κ3) is 4.85. The maximum absolute atomic E-state index is 13.3. The van der Waals surface area contributed by atoms with Crippen LogP contribution in [0.25, 0.3) is 0 Å². The van der Waals surface area contributed by atoms with Crippen molar-refractivity contribution in [3.8, 4) is 0 Å². The molecule has 0 aliphatic carbocycles. The molecule has 1 N–H and O–H groups in total. The van der Waals surface area contributed by atoms with E-state index in [1.165, 1.54) is 24.3 Å². The number of carbonyl (C=O) groups excluding carboxylic acids is 2. The minimum absolute atomic E-state index is 0.0522. The van der Waals surface area contributed by atoms with E-state index in [0.717, 1.165) is 11.1 Å². The molecular weight excluding hydrogens is 404 g/mol. The van der Waals surface area contributed by atoms with Gasteiger partial charge in [0.15, 0.2) is 0 Å². The first-order valence-corrected chi connectivity index (χ1v) is 10.4. The van der Waals surface area contributed by atoms with Crippen LogP contribution in [-0.4, -0.2) is 53.6 Å². The zero-order valence-electron chi connectivity index (χ0n) is 17.2. The summed E-state index contributed by atoms with van der Waals surface area (Å²) in [5.74, 6) is -0.706. The molecule has 31 heavy (non-hydrogen) atoms. The molecular formula is C23H25F2N3O3. The van der Waals surface area contributed by atoms with Crippen LogP contribution in [0.3, 0.4) is 0 Å². The highest BCUT2D eigenvalue weighted by molar-refractivity contribution is 5.80. The SMILES string of the molecule is O=C(NCc1ccc(F)cc1)N1CCC(=O)N(Cc2ccc(F)cc2)C2(CCOC2)C1. The molecule has 164 valence electrons.